The molecule has 0 aliphatic heterocycles. The van der Waals surface area contributed by atoms with Crippen LogP contribution in [0.5, 0.6) is 0 Å². The van der Waals surface area contributed by atoms with Crippen LogP contribution in [0.3, 0.4) is 0 Å². The van der Waals surface area contributed by atoms with Crippen molar-refractivity contribution in [2.45, 2.75) is 17.7 Å². The van der Waals surface area contributed by atoms with Crippen molar-refractivity contribution in [2.75, 3.05) is 11.4 Å². The first-order chi connectivity index (χ1) is 8.98. The molecule has 0 saturated heterocycles. The van der Waals surface area contributed by atoms with Gasteiger partial charge in [0.05, 0.1) is 11.6 Å². The van der Waals surface area contributed by atoms with Crippen LogP contribution in [0.15, 0.2) is 40.6 Å². The van der Waals surface area contributed by atoms with Crippen LogP contribution >= 0.6 is 22.9 Å². The number of hydrogen-bond acceptors (Lipinski definition) is 3. The topological polar surface area (TPSA) is 37.4 Å². The summed E-state index contributed by atoms with van der Waals surface area (Å²) in [5.74, 6) is 0.202. The third-order valence-corrected chi connectivity index (χ3v) is 6.25. The maximum Gasteiger partial charge on any atom is 0.265 e. The second-order valence-electron chi connectivity index (χ2n) is 4.10. The van der Waals surface area contributed by atoms with Crippen LogP contribution in [-0.2, 0) is 15.9 Å². The minimum atomic E-state index is -3.55. The van der Waals surface area contributed by atoms with Crippen LogP contribution in [0.2, 0.25) is 0 Å². The lowest BCUT2D eigenvalue weighted by Gasteiger charge is -2.21. The zero-order valence-corrected chi connectivity index (χ0v) is 13.0. The van der Waals surface area contributed by atoms with Gasteiger partial charge >= 0.3 is 0 Å². The van der Waals surface area contributed by atoms with Gasteiger partial charge in [0, 0.05) is 11.9 Å². The number of alkyl halides is 1. The van der Waals surface area contributed by atoms with E-state index in [0.717, 1.165) is 5.56 Å². The van der Waals surface area contributed by atoms with E-state index in [1.54, 1.807) is 24.6 Å². The zero-order chi connectivity index (χ0) is 14.0. The summed E-state index contributed by atoms with van der Waals surface area (Å²) in [6, 6.07) is 8.99. The molecule has 0 atom stereocenters. The monoisotopic (exact) mass is 315 g/mol. The molecule has 0 N–H and O–H groups in total. The van der Waals surface area contributed by atoms with Gasteiger partial charge < -0.3 is 0 Å². The molecule has 2 rings (SSSR count). The molecule has 0 aliphatic carbocycles. The Morgan fingerprint density at radius 3 is 2.58 bits per heavy atom. The van der Waals surface area contributed by atoms with Gasteiger partial charge in [0.25, 0.3) is 10.0 Å². The summed E-state index contributed by atoms with van der Waals surface area (Å²) in [4.78, 5) is 0.959. The third-order valence-electron chi connectivity index (χ3n) is 2.92. The fourth-order valence-electron chi connectivity index (χ4n) is 1.85. The summed E-state index contributed by atoms with van der Waals surface area (Å²) in [6.45, 7) is 1.89. The maximum atomic E-state index is 12.6. The Morgan fingerprint density at radius 2 is 1.95 bits per heavy atom. The van der Waals surface area contributed by atoms with Gasteiger partial charge in [0.2, 0.25) is 0 Å². The Hall–Kier alpha value is -1.04. The molecule has 6 heteroatoms. The lowest BCUT2D eigenvalue weighted by molar-refractivity contribution is 0.594. The SMILES string of the molecule is Cc1ccccc1N(C)S(=O)(=O)c1ccsc1CCl. The number of anilines is 1. The van der Waals surface area contributed by atoms with Gasteiger partial charge in [-0.1, -0.05) is 18.2 Å². The van der Waals surface area contributed by atoms with E-state index in [2.05, 4.69) is 0 Å². The highest BCUT2D eigenvalue weighted by atomic mass is 35.5. The highest BCUT2D eigenvalue weighted by Crippen LogP contribution is 2.30. The third kappa shape index (κ3) is 2.63. The molecule has 19 heavy (non-hydrogen) atoms. The lowest BCUT2D eigenvalue weighted by Crippen LogP contribution is -2.27. The van der Waals surface area contributed by atoms with E-state index in [0.29, 0.717) is 15.5 Å². The standard InChI is InChI=1S/C13H14ClNO2S2/c1-10-5-3-4-6-11(10)15(2)19(16,17)13-7-8-18-12(13)9-14/h3-8H,9H2,1-2H3. The summed E-state index contributed by atoms with van der Waals surface area (Å²) >= 11 is 7.14. The molecule has 1 aromatic heterocycles. The number of hydrogen-bond donors (Lipinski definition) is 0. The van der Waals surface area contributed by atoms with E-state index < -0.39 is 10.0 Å². The van der Waals surface area contributed by atoms with E-state index in [9.17, 15) is 8.42 Å². The van der Waals surface area contributed by atoms with Crippen LogP contribution < -0.4 is 4.31 Å². The summed E-state index contributed by atoms with van der Waals surface area (Å²) in [7, 11) is -1.99. The van der Waals surface area contributed by atoms with Crippen LogP contribution in [0, 0.1) is 6.92 Å². The first-order valence-electron chi connectivity index (χ1n) is 5.65. The van der Waals surface area contributed by atoms with Crippen molar-refractivity contribution in [3.05, 3.63) is 46.2 Å². The van der Waals surface area contributed by atoms with E-state index in [1.807, 2.05) is 25.1 Å². The molecule has 102 valence electrons. The Morgan fingerprint density at radius 1 is 1.26 bits per heavy atom. The van der Waals surface area contributed by atoms with E-state index in [1.165, 1.54) is 15.6 Å². The van der Waals surface area contributed by atoms with E-state index >= 15 is 0 Å². The summed E-state index contributed by atoms with van der Waals surface area (Å²) in [6.07, 6.45) is 0. The summed E-state index contributed by atoms with van der Waals surface area (Å²) in [5, 5.41) is 1.75. The minimum absolute atomic E-state index is 0.202. The summed E-state index contributed by atoms with van der Waals surface area (Å²) < 4.78 is 26.5. The van der Waals surface area contributed by atoms with Crippen molar-refractivity contribution in [3.8, 4) is 0 Å². The van der Waals surface area contributed by atoms with E-state index in [-0.39, 0.29) is 5.88 Å². The van der Waals surface area contributed by atoms with Gasteiger partial charge in [-0.3, -0.25) is 4.31 Å². The largest absolute Gasteiger partial charge is 0.269 e. The molecule has 1 aromatic carbocycles. The normalized spacial score (nSPS) is 11.5. The highest BCUT2D eigenvalue weighted by molar-refractivity contribution is 7.93. The molecule has 0 spiro atoms. The molecule has 0 bridgehead atoms. The van der Waals surface area contributed by atoms with Crippen molar-refractivity contribution in [2.24, 2.45) is 0 Å². The zero-order valence-electron chi connectivity index (χ0n) is 10.6. The van der Waals surface area contributed by atoms with E-state index in [4.69, 9.17) is 11.6 Å². The number of rotatable bonds is 4. The number of halogens is 1. The van der Waals surface area contributed by atoms with Crippen LogP contribution in [0.4, 0.5) is 5.69 Å². The molecule has 0 unspecified atom stereocenters. The molecule has 2 aromatic rings. The highest BCUT2D eigenvalue weighted by Gasteiger charge is 2.25. The number of sulfonamides is 1. The van der Waals surface area contributed by atoms with Crippen molar-refractivity contribution in [1.29, 1.82) is 0 Å². The number of para-hydroxylation sites is 1. The van der Waals surface area contributed by atoms with Crippen molar-refractivity contribution in [3.63, 3.8) is 0 Å². The van der Waals surface area contributed by atoms with Gasteiger partial charge in [0.15, 0.2) is 0 Å². The Balaban J connectivity index is 2.49. The fourth-order valence-corrected chi connectivity index (χ4v) is 4.78. The summed E-state index contributed by atoms with van der Waals surface area (Å²) in [5.41, 5.74) is 1.59. The van der Waals surface area contributed by atoms with Gasteiger partial charge in [-0.25, -0.2) is 8.42 Å². The minimum Gasteiger partial charge on any atom is -0.269 e. The molecule has 0 fully saturated rings. The van der Waals surface area contributed by atoms with Gasteiger partial charge in [-0.2, -0.15) is 0 Å². The van der Waals surface area contributed by atoms with Gasteiger partial charge in [0.1, 0.15) is 4.90 Å². The number of aryl methyl sites for hydroxylation is 1. The average molecular weight is 316 g/mol. The molecule has 0 saturated carbocycles. The first kappa shape index (κ1) is 14.4. The lowest BCUT2D eigenvalue weighted by atomic mass is 10.2. The molecular weight excluding hydrogens is 302 g/mol. The molecule has 0 aliphatic rings. The smallest absolute Gasteiger partial charge is 0.265 e. The van der Waals surface area contributed by atoms with Crippen molar-refractivity contribution >= 4 is 38.6 Å². The molecule has 0 amide bonds. The predicted molar refractivity (Wildman–Crippen MR) is 80.6 cm³/mol. The second kappa shape index (κ2) is 5.53. The van der Waals surface area contributed by atoms with Crippen LogP contribution in [0.1, 0.15) is 10.4 Å². The van der Waals surface area contributed by atoms with Crippen LogP contribution in [-0.4, -0.2) is 15.5 Å². The van der Waals surface area contributed by atoms with Crippen molar-refractivity contribution in [1.82, 2.24) is 0 Å². The number of benzene rings is 1. The second-order valence-corrected chi connectivity index (χ2v) is 7.31. The molecular formula is C13H14ClNO2S2. The predicted octanol–water partition coefficient (Wildman–Crippen LogP) is 3.62. The molecule has 1 heterocycles. The fraction of sp³-hybridized carbons (Fsp3) is 0.231. The van der Waals surface area contributed by atoms with Gasteiger partial charge in [-0.15, -0.1) is 22.9 Å². The maximum absolute atomic E-state index is 12.6. The molecule has 0 radical (unpaired) electrons. The molecule has 3 nitrogen and oxygen atoms in total. The average Bonchev–Trinajstić information content (AvgIpc) is 2.87. The van der Waals surface area contributed by atoms with Crippen molar-refractivity contribution < 1.29 is 8.42 Å². The Labute approximate surface area is 122 Å². The first-order valence-corrected chi connectivity index (χ1v) is 8.51. The Bertz CT molecular complexity index is 679. The Kier molecular flexibility index (Phi) is 4.18. The van der Waals surface area contributed by atoms with Gasteiger partial charge in [-0.05, 0) is 30.0 Å². The quantitative estimate of drug-likeness (QED) is 0.808. The van der Waals surface area contributed by atoms with Crippen LogP contribution in [0.25, 0.3) is 0 Å². The number of thiophene rings is 1. The number of nitrogens with zero attached hydrogens (tertiary/aromatic N) is 1.